The Hall–Kier alpha value is -2.21. The van der Waals surface area contributed by atoms with Crippen LogP contribution in [0.15, 0.2) is 48.5 Å². The molecule has 2 aromatic rings. The van der Waals surface area contributed by atoms with E-state index < -0.39 is 12.1 Å². The van der Waals surface area contributed by atoms with Gasteiger partial charge in [-0.05, 0) is 49.1 Å². The molecule has 26 heavy (non-hydrogen) atoms. The molecule has 3 N–H and O–H groups in total. The lowest BCUT2D eigenvalue weighted by Crippen LogP contribution is -2.32. The third kappa shape index (κ3) is 6.26. The fourth-order valence-electron chi connectivity index (χ4n) is 2.62. The highest BCUT2D eigenvalue weighted by molar-refractivity contribution is 6.29. The van der Waals surface area contributed by atoms with Gasteiger partial charge in [-0.3, -0.25) is 0 Å². The number of carbonyl (C=O) groups is 1. The molecule has 0 amide bonds. The number of halogens is 1. The predicted octanol–water partition coefficient (Wildman–Crippen LogP) is 3.48. The average molecular weight is 375 g/mol. The van der Waals surface area contributed by atoms with E-state index in [1.165, 1.54) is 6.08 Å². The molecule has 0 saturated carbocycles. The maximum Gasteiger partial charge on any atom is 0.328 e. The predicted molar refractivity (Wildman–Crippen MR) is 103 cm³/mol. The van der Waals surface area contributed by atoms with Crippen molar-refractivity contribution >= 4 is 23.1 Å². The molecular formula is C20H23ClN2O3. The number of hydrogen-bond acceptors (Lipinski definition) is 4. The van der Waals surface area contributed by atoms with Crippen molar-refractivity contribution in [3.63, 3.8) is 0 Å². The average Bonchev–Trinajstić information content (AvgIpc) is 2.59. The molecule has 0 aliphatic heterocycles. The monoisotopic (exact) mass is 374 g/mol. The Morgan fingerprint density at radius 2 is 1.96 bits per heavy atom. The highest BCUT2D eigenvalue weighted by Crippen LogP contribution is 2.16. The van der Waals surface area contributed by atoms with Crippen LogP contribution in [0.25, 0.3) is 5.57 Å². The topological polar surface area (TPSA) is 82.5 Å². The van der Waals surface area contributed by atoms with Crippen molar-refractivity contribution in [3.05, 3.63) is 70.5 Å². The molecule has 2 atom stereocenters. The first kappa shape index (κ1) is 20.1. The first-order chi connectivity index (χ1) is 12.3. The van der Waals surface area contributed by atoms with Gasteiger partial charge in [-0.15, -0.1) is 0 Å². The van der Waals surface area contributed by atoms with Crippen molar-refractivity contribution < 1.29 is 15.0 Å². The van der Waals surface area contributed by atoms with Gasteiger partial charge in [-0.1, -0.05) is 41.9 Å². The highest BCUT2D eigenvalue weighted by atomic mass is 35.5. The van der Waals surface area contributed by atoms with E-state index in [4.69, 9.17) is 16.7 Å². The van der Waals surface area contributed by atoms with Crippen molar-refractivity contribution in [1.82, 2.24) is 10.3 Å². The molecule has 0 unspecified atom stereocenters. The Bertz CT molecular complexity index is 775. The number of aromatic nitrogens is 1. The van der Waals surface area contributed by atoms with Gasteiger partial charge in [0.1, 0.15) is 11.3 Å². The molecule has 1 heterocycles. The summed E-state index contributed by atoms with van der Waals surface area (Å²) in [6.45, 7) is 4.20. The van der Waals surface area contributed by atoms with Gasteiger partial charge in [0.2, 0.25) is 0 Å². The minimum absolute atomic E-state index is 0.158. The number of pyridine rings is 1. The second-order valence-corrected chi connectivity index (χ2v) is 6.66. The van der Waals surface area contributed by atoms with Gasteiger partial charge in [0, 0.05) is 18.7 Å². The number of rotatable bonds is 8. The van der Waals surface area contributed by atoms with Crippen LogP contribution in [-0.2, 0) is 11.2 Å². The molecule has 0 fully saturated rings. The van der Waals surface area contributed by atoms with Crippen LogP contribution >= 0.6 is 11.6 Å². The lowest BCUT2D eigenvalue weighted by molar-refractivity contribution is -0.131. The molecule has 0 bridgehead atoms. The summed E-state index contributed by atoms with van der Waals surface area (Å²) in [5.41, 5.74) is 3.28. The number of aliphatic carboxylic acids is 1. The van der Waals surface area contributed by atoms with Crippen LogP contribution in [0.1, 0.15) is 36.8 Å². The first-order valence-electron chi connectivity index (χ1n) is 8.39. The van der Waals surface area contributed by atoms with Crippen LogP contribution in [-0.4, -0.2) is 33.8 Å². The molecule has 0 aliphatic carbocycles. The minimum Gasteiger partial charge on any atom is -0.478 e. The van der Waals surface area contributed by atoms with Crippen molar-refractivity contribution in [1.29, 1.82) is 0 Å². The van der Waals surface area contributed by atoms with E-state index in [9.17, 15) is 9.90 Å². The van der Waals surface area contributed by atoms with Crippen molar-refractivity contribution in [2.75, 3.05) is 6.54 Å². The van der Waals surface area contributed by atoms with Crippen LogP contribution in [0.2, 0.25) is 5.15 Å². The largest absolute Gasteiger partial charge is 0.478 e. The van der Waals surface area contributed by atoms with Crippen LogP contribution in [0.5, 0.6) is 0 Å². The van der Waals surface area contributed by atoms with E-state index in [1.807, 2.05) is 31.2 Å². The van der Waals surface area contributed by atoms with E-state index in [0.717, 1.165) is 17.5 Å². The lowest BCUT2D eigenvalue weighted by atomic mass is 10.0. The molecule has 2 rings (SSSR count). The van der Waals surface area contributed by atoms with Crippen molar-refractivity contribution in [2.45, 2.75) is 32.4 Å². The summed E-state index contributed by atoms with van der Waals surface area (Å²) in [5.74, 6) is -0.947. The number of benzene rings is 1. The van der Waals surface area contributed by atoms with E-state index in [1.54, 1.807) is 25.1 Å². The van der Waals surface area contributed by atoms with Gasteiger partial charge in [-0.25, -0.2) is 9.78 Å². The normalized spacial score (nSPS) is 14.1. The summed E-state index contributed by atoms with van der Waals surface area (Å²) >= 11 is 5.84. The van der Waals surface area contributed by atoms with Gasteiger partial charge in [0.05, 0.1) is 5.69 Å². The number of aliphatic hydroxyl groups excluding tert-OH is 1. The highest BCUT2D eigenvalue weighted by Gasteiger charge is 2.11. The molecule has 0 spiro atoms. The molecule has 138 valence electrons. The zero-order valence-electron chi connectivity index (χ0n) is 14.8. The van der Waals surface area contributed by atoms with Crippen LogP contribution < -0.4 is 5.32 Å². The Kier molecular flexibility index (Phi) is 7.33. The second kappa shape index (κ2) is 9.48. The third-order valence-electron chi connectivity index (χ3n) is 4.03. The Labute approximate surface area is 158 Å². The summed E-state index contributed by atoms with van der Waals surface area (Å²) in [5, 5.41) is 22.6. The fraction of sp³-hybridized carbons (Fsp3) is 0.300. The number of nitrogens with one attached hydrogen (secondary N) is 1. The Morgan fingerprint density at radius 3 is 2.58 bits per heavy atom. The first-order valence-corrected chi connectivity index (χ1v) is 8.77. The number of carboxylic acid groups (broad SMARTS) is 1. The number of nitrogens with zero attached hydrogens (tertiary/aromatic N) is 1. The van der Waals surface area contributed by atoms with Crippen molar-refractivity contribution in [3.8, 4) is 0 Å². The Morgan fingerprint density at radius 1 is 1.27 bits per heavy atom. The van der Waals surface area contributed by atoms with Gasteiger partial charge in [-0.2, -0.15) is 0 Å². The maximum atomic E-state index is 10.7. The molecule has 0 aliphatic rings. The third-order valence-corrected chi connectivity index (χ3v) is 4.24. The van der Waals surface area contributed by atoms with Gasteiger partial charge in [0.15, 0.2) is 0 Å². The van der Waals surface area contributed by atoms with E-state index >= 15 is 0 Å². The van der Waals surface area contributed by atoms with E-state index in [-0.39, 0.29) is 6.04 Å². The fourth-order valence-corrected chi connectivity index (χ4v) is 2.80. The molecule has 1 aromatic carbocycles. The number of carboxylic acids is 1. The molecule has 6 heteroatoms. The minimum atomic E-state index is -0.947. The van der Waals surface area contributed by atoms with Gasteiger partial charge in [0.25, 0.3) is 0 Å². The molecule has 0 saturated heterocycles. The number of allylic oxidation sites excluding steroid dienone is 1. The SMILES string of the molecule is C/C(=C\C(=O)O)c1ccc(C[C@@H](C)NC[C@@H](O)c2cccc(Cl)n2)cc1. The van der Waals surface area contributed by atoms with Crippen LogP contribution in [0, 0.1) is 0 Å². The molecule has 1 aromatic heterocycles. The molecular weight excluding hydrogens is 352 g/mol. The van der Waals surface area contributed by atoms with Gasteiger partial charge < -0.3 is 15.5 Å². The summed E-state index contributed by atoms with van der Waals surface area (Å²) in [6, 6.07) is 13.1. The number of hydrogen-bond donors (Lipinski definition) is 3. The summed E-state index contributed by atoms with van der Waals surface area (Å²) in [4.78, 5) is 14.8. The smallest absolute Gasteiger partial charge is 0.328 e. The van der Waals surface area contributed by atoms with E-state index in [2.05, 4.69) is 10.3 Å². The maximum absolute atomic E-state index is 10.7. The standard InChI is InChI=1S/C20H23ClN2O3/c1-13(10-20(25)26)16-8-6-15(7-9-16)11-14(2)22-12-18(24)17-4-3-5-19(21)23-17/h3-10,14,18,22,24H,11-12H2,1-2H3,(H,25,26)/b13-10+/t14-,18-/m1/s1. The zero-order valence-corrected chi connectivity index (χ0v) is 15.6. The molecule has 5 nitrogen and oxygen atoms in total. The lowest BCUT2D eigenvalue weighted by Gasteiger charge is -2.17. The summed E-state index contributed by atoms with van der Waals surface area (Å²) in [7, 11) is 0. The Balaban J connectivity index is 1.87. The zero-order chi connectivity index (χ0) is 19.1. The van der Waals surface area contributed by atoms with Crippen LogP contribution in [0.3, 0.4) is 0 Å². The van der Waals surface area contributed by atoms with Gasteiger partial charge >= 0.3 is 5.97 Å². The molecule has 0 radical (unpaired) electrons. The van der Waals surface area contributed by atoms with Crippen LogP contribution in [0.4, 0.5) is 0 Å². The van der Waals surface area contributed by atoms with Crippen molar-refractivity contribution in [2.24, 2.45) is 0 Å². The second-order valence-electron chi connectivity index (χ2n) is 6.28. The summed E-state index contributed by atoms with van der Waals surface area (Å²) in [6.07, 6.45) is 1.27. The van der Waals surface area contributed by atoms with E-state index in [0.29, 0.717) is 23.0 Å². The number of aliphatic hydroxyl groups is 1. The summed E-state index contributed by atoms with van der Waals surface area (Å²) < 4.78 is 0. The quantitative estimate of drug-likeness (QED) is 0.486.